The fourth-order valence-corrected chi connectivity index (χ4v) is 3.69. The average molecular weight is 377 g/mol. The van der Waals surface area contributed by atoms with Crippen molar-refractivity contribution in [1.29, 1.82) is 0 Å². The highest BCUT2D eigenvalue weighted by Crippen LogP contribution is 2.22. The molecule has 0 bridgehead atoms. The Hall–Kier alpha value is -1.15. The van der Waals surface area contributed by atoms with Crippen molar-refractivity contribution < 1.29 is 0 Å². The summed E-state index contributed by atoms with van der Waals surface area (Å²) in [6.45, 7) is 4.41. The van der Waals surface area contributed by atoms with Crippen LogP contribution in [0.4, 0.5) is 5.69 Å². The fraction of sp³-hybridized carbons (Fsp3) is 0.652. The quantitative estimate of drug-likeness (QED) is 0.308. The highest BCUT2D eigenvalue weighted by atomic mass is 35.5. The first-order valence-corrected chi connectivity index (χ1v) is 11.1. The van der Waals surface area contributed by atoms with Gasteiger partial charge >= 0.3 is 0 Å². The zero-order valence-corrected chi connectivity index (χ0v) is 17.4. The van der Waals surface area contributed by atoms with Crippen LogP contribution in [0.25, 0.3) is 0 Å². The lowest BCUT2D eigenvalue weighted by Crippen LogP contribution is -2.25. The van der Waals surface area contributed by atoms with E-state index in [1.807, 2.05) is 12.1 Å². The third-order valence-electron chi connectivity index (χ3n) is 5.25. The van der Waals surface area contributed by atoms with Crippen molar-refractivity contribution in [3.63, 3.8) is 0 Å². The van der Waals surface area contributed by atoms with Crippen molar-refractivity contribution in [3.05, 3.63) is 41.7 Å². The van der Waals surface area contributed by atoms with Gasteiger partial charge in [-0.25, -0.2) is 0 Å². The number of rotatable bonds is 14. The predicted molar refractivity (Wildman–Crippen MR) is 116 cm³/mol. The monoisotopic (exact) mass is 376 g/mol. The van der Waals surface area contributed by atoms with E-state index in [-0.39, 0.29) is 0 Å². The molecule has 0 aromatic heterocycles. The zero-order chi connectivity index (χ0) is 18.5. The van der Waals surface area contributed by atoms with Crippen LogP contribution < -0.4 is 4.90 Å². The summed E-state index contributed by atoms with van der Waals surface area (Å²) in [5, 5.41) is 0.797. The Morgan fingerprint density at radius 1 is 0.731 bits per heavy atom. The van der Waals surface area contributed by atoms with E-state index in [1.165, 1.54) is 82.7 Å². The maximum absolute atomic E-state index is 5.96. The van der Waals surface area contributed by atoms with Gasteiger partial charge in [0.2, 0.25) is 0 Å². The van der Waals surface area contributed by atoms with Gasteiger partial charge < -0.3 is 9.80 Å². The highest BCUT2D eigenvalue weighted by Gasteiger charge is 2.13. The van der Waals surface area contributed by atoms with E-state index < -0.39 is 0 Å². The molecule has 0 N–H and O–H groups in total. The van der Waals surface area contributed by atoms with Crippen LogP contribution in [0.15, 0.2) is 36.7 Å². The number of nitrogens with zero attached hydrogens (tertiary/aromatic N) is 2. The van der Waals surface area contributed by atoms with Crippen molar-refractivity contribution in [2.75, 3.05) is 18.1 Å². The van der Waals surface area contributed by atoms with Crippen molar-refractivity contribution in [2.45, 2.75) is 84.0 Å². The van der Waals surface area contributed by atoms with E-state index in [2.05, 4.69) is 41.3 Å². The van der Waals surface area contributed by atoms with Crippen molar-refractivity contribution >= 4 is 17.3 Å². The molecular formula is C23H37ClN2. The van der Waals surface area contributed by atoms with E-state index in [4.69, 9.17) is 11.6 Å². The molecule has 0 atom stereocenters. The number of hydrogen-bond acceptors (Lipinski definition) is 2. The maximum atomic E-state index is 5.96. The molecule has 2 nitrogen and oxygen atoms in total. The van der Waals surface area contributed by atoms with Crippen LogP contribution in [0, 0.1) is 0 Å². The standard InChI is InChI=1S/C23H37ClN2/c1-2-3-4-5-6-7-8-9-10-11-12-13-18-25-19-20-26(21-25)23-16-14-22(24)15-17-23/h14-17,19-20H,2-13,18,21H2,1H3. The smallest absolute Gasteiger partial charge is 0.0941 e. The zero-order valence-electron chi connectivity index (χ0n) is 16.6. The largest absolute Gasteiger partial charge is 0.358 e. The molecule has 3 heteroatoms. The summed E-state index contributed by atoms with van der Waals surface area (Å²) in [6, 6.07) is 8.08. The molecule has 1 aromatic carbocycles. The second-order valence-corrected chi connectivity index (χ2v) is 8.02. The van der Waals surface area contributed by atoms with E-state index in [0.717, 1.165) is 18.2 Å². The third kappa shape index (κ3) is 8.49. The van der Waals surface area contributed by atoms with Crippen LogP contribution in [0.1, 0.15) is 84.0 Å². The summed E-state index contributed by atoms with van der Waals surface area (Å²) in [6.07, 6.45) is 21.3. The minimum Gasteiger partial charge on any atom is -0.358 e. The molecular weight excluding hydrogens is 340 g/mol. The Morgan fingerprint density at radius 2 is 1.27 bits per heavy atom. The Labute approximate surface area is 166 Å². The van der Waals surface area contributed by atoms with Gasteiger partial charge in [0.05, 0.1) is 6.67 Å². The van der Waals surface area contributed by atoms with Gasteiger partial charge in [-0.05, 0) is 30.7 Å². The Kier molecular flexibility index (Phi) is 10.6. The second kappa shape index (κ2) is 13.1. The topological polar surface area (TPSA) is 6.48 Å². The molecule has 1 heterocycles. The number of anilines is 1. The lowest BCUT2D eigenvalue weighted by atomic mass is 10.1. The molecule has 0 radical (unpaired) electrons. The van der Waals surface area contributed by atoms with Gasteiger partial charge in [0, 0.05) is 29.7 Å². The van der Waals surface area contributed by atoms with Gasteiger partial charge in [-0.15, -0.1) is 0 Å². The van der Waals surface area contributed by atoms with Crippen LogP contribution in [0.3, 0.4) is 0 Å². The molecule has 0 amide bonds. The molecule has 0 unspecified atom stereocenters. The summed E-state index contributed by atoms with van der Waals surface area (Å²) in [7, 11) is 0. The van der Waals surface area contributed by atoms with E-state index in [0.29, 0.717) is 0 Å². The van der Waals surface area contributed by atoms with Gasteiger partial charge in [-0.2, -0.15) is 0 Å². The summed E-state index contributed by atoms with van der Waals surface area (Å²) in [4.78, 5) is 4.68. The van der Waals surface area contributed by atoms with Crippen LogP contribution in [-0.4, -0.2) is 18.1 Å². The van der Waals surface area contributed by atoms with Crippen molar-refractivity contribution in [2.24, 2.45) is 0 Å². The third-order valence-corrected chi connectivity index (χ3v) is 5.50. The van der Waals surface area contributed by atoms with Gasteiger partial charge in [-0.3, -0.25) is 0 Å². The molecule has 0 spiro atoms. The van der Waals surface area contributed by atoms with Gasteiger partial charge in [-0.1, -0.05) is 89.2 Å². The minimum absolute atomic E-state index is 0.797. The number of benzene rings is 1. The molecule has 0 saturated heterocycles. The van der Waals surface area contributed by atoms with Crippen LogP contribution in [0.5, 0.6) is 0 Å². The van der Waals surface area contributed by atoms with Gasteiger partial charge in [0.1, 0.15) is 0 Å². The number of unbranched alkanes of at least 4 members (excludes halogenated alkanes) is 11. The molecule has 26 heavy (non-hydrogen) atoms. The molecule has 1 aliphatic rings. The fourth-order valence-electron chi connectivity index (χ4n) is 3.57. The second-order valence-electron chi connectivity index (χ2n) is 7.59. The first-order valence-electron chi connectivity index (χ1n) is 10.7. The SMILES string of the molecule is CCCCCCCCCCCCCCN1C=CN(c2ccc(Cl)cc2)C1. The molecule has 0 saturated carbocycles. The Morgan fingerprint density at radius 3 is 1.85 bits per heavy atom. The summed E-state index contributed by atoms with van der Waals surface area (Å²) in [5.41, 5.74) is 1.21. The Balaban J connectivity index is 1.41. The summed E-state index contributed by atoms with van der Waals surface area (Å²) in [5.74, 6) is 0. The summed E-state index contributed by atoms with van der Waals surface area (Å²) < 4.78 is 0. The van der Waals surface area contributed by atoms with Gasteiger partial charge in [0.25, 0.3) is 0 Å². The minimum atomic E-state index is 0.797. The molecule has 146 valence electrons. The first kappa shape index (κ1) is 21.2. The van der Waals surface area contributed by atoms with Crippen molar-refractivity contribution in [1.82, 2.24) is 4.90 Å². The number of hydrogen-bond donors (Lipinski definition) is 0. The molecule has 1 aromatic rings. The lowest BCUT2D eigenvalue weighted by Gasteiger charge is -2.21. The normalized spacial score (nSPS) is 13.8. The molecule has 2 rings (SSSR count). The van der Waals surface area contributed by atoms with Crippen molar-refractivity contribution in [3.8, 4) is 0 Å². The van der Waals surface area contributed by atoms with E-state index >= 15 is 0 Å². The number of halogens is 1. The molecule has 0 fully saturated rings. The first-order chi connectivity index (χ1) is 12.8. The summed E-state index contributed by atoms with van der Waals surface area (Å²) >= 11 is 5.96. The van der Waals surface area contributed by atoms with E-state index in [1.54, 1.807) is 0 Å². The average Bonchev–Trinajstić information content (AvgIpc) is 3.12. The lowest BCUT2D eigenvalue weighted by molar-refractivity contribution is 0.388. The highest BCUT2D eigenvalue weighted by molar-refractivity contribution is 6.30. The van der Waals surface area contributed by atoms with Crippen LogP contribution in [-0.2, 0) is 0 Å². The van der Waals surface area contributed by atoms with E-state index in [9.17, 15) is 0 Å². The Bertz CT molecular complexity index is 497. The molecule has 1 aliphatic heterocycles. The van der Waals surface area contributed by atoms with Crippen LogP contribution >= 0.6 is 11.6 Å². The predicted octanol–water partition coefficient (Wildman–Crippen LogP) is 7.59. The van der Waals surface area contributed by atoms with Gasteiger partial charge in [0.15, 0.2) is 0 Å². The van der Waals surface area contributed by atoms with Crippen LogP contribution in [0.2, 0.25) is 5.02 Å². The molecule has 0 aliphatic carbocycles. The maximum Gasteiger partial charge on any atom is 0.0941 e.